The Hall–Kier alpha value is -1.58. The highest BCUT2D eigenvalue weighted by molar-refractivity contribution is 6.08. The summed E-state index contributed by atoms with van der Waals surface area (Å²) in [4.78, 5) is 11.6. The summed E-state index contributed by atoms with van der Waals surface area (Å²) in [6, 6.07) is 3.11. The van der Waals surface area contributed by atoms with Gasteiger partial charge in [0.1, 0.15) is 11.4 Å². The minimum Gasteiger partial charge on any atom is -0.370 e. The molecule has 0 unspecified atom stereocenters. The van der Waals surface area contributed by atoms with Gasteiger partial charge in [-0.05, 0) is 37.5 Å². The molecule has 4 heteroatoms. The lowest BCUT2D eigenvalue weighted by Gasteiger charge is -2.27. The van der Waals surface area contributed by atoms with Gasteiger partial charge in [0, 0.05) is 0 Å². The number of aryl methyl sites for hydroxylation is 1. The number of fused-ring (bicyclic) bond motifs is 1. The van der Waals surface area contributed by atoms with Crippen LogP contribution in [0.2, 0.25) is 0 Å². The molecule has 0 aromatic heterocycles. The van der Waals surface area contributed by atoms with E-state index in [1.807, 2.05) is 0 Å². The largest absolute Gasteiger partial charge is 0.370 e. The van der Waals surface area contributed by atoms with Crippen molar-refractivity contribution in [2.75, 3.05) is 10.6 Å². The Morgan fingerprint density at radius 1 is 1.33 bits per heavy atom. The average molecular weight is 206 g/mol. The van der Waals surface area contributed by atoms with E-state index >= 15 is 0 Å². The molecular weight excluding hydrogens is 195 g/mol. The first-order chi connectivity index (χ1) is 7.11. The number of carbonyl (C=O) groups excluding carboxylic acids is 1. The van der Waals surface area contributed by atoms with Crippen molar-refractivity contribution in [3.8, 4) is 0 Å². The van der Waals surface area contributed by atoms with Gasteiger partial charge in [0.2, 0.25) is 5.91 Å². The van der Waals surface area contributed by atoms with E-state index < -0.39 is 5.54 Å². The Morgan fingerprint density at radius 2 is 2.07 bits per heavy atom. The maximum absolute atomic E-state index is 13.3. The van der Waals surface area contributed by atoms with Gasteiger partial charge in [-0.1, -0.05) is 0 Å². The first kappa shape index (κ1) is 8.71. The second kappa shape index (κ2) is 2.51. The molecule has 0 saturated heterocycles. The second-order valence-corrected chi connectivity index (χ2v) is 4.31. The molecule has 1 aliphatic carbocycles. The van der Waals surface area contributed by atoms with Gasteiger partial charge in [-0.25, -0.2) is 4.39 Å². The predicted octanol–water partition coefficient (Wildman–Crippen LogP) is 2.03. The third-order valence-electron chi connectivity index (χ3n) is 3.11. The first-order valence-electron chi connectivity index (χ1n) is 5.00. The van der Waals surface area contributed by atoms with Crippen LogP contribution >= 0.6 is 0 Å². The molecule has 0 atom stereocenters. The van der Waals surface area contributed by atoms with Gasteiger partial charge in [0.05, 0.1) is 11.4 Å². The Labute approximate surface area is 86.7 Å². The van der Waals surface area contributed by atoms with E-state index in [0.717, 1.165) is 18.5 Å². The third-order valence-corrected chi connectivity index (χ3v) is 3.11. The highest BCUT2D eigenvalue weighted by atomic mass is 19.1. The van der Waals surface area contributed by atoms with Crippen molar-refractivity contribution in [1.82, 2.24) is 0 Å². The van der Waals surface area contributed by atoms with Crippen LogP contribution in [-0.2, 0) is 4.79 Å². The van der Waals surface area contributed by atoms with Crippen molar-refractivity contribution in [2.45, 2.75) is 25.3 Å². The lowest BCUT2D eigenvalue weighted by atomic mass is 10.1. The second-order valence-electron chi connectivity index (χ2n) is 4.31. The third kappa shape index (κ3) is 1.14. The number of hydrogen-bond donors (Lipinski definition) is 2. The van der Waals surface area contributed by atoms with E-state index in [2.05, 4.69) is 10.6 Å². The van der Waals surface area contributed by atoms with Crippen LogP contribution < -0.4 is 10.6 Å². The van der Waals surface area contributed by atoms with E-state index in [1.54, 1.807) is 13.0 Å². The van der Waals surface area contributed by atoms with Crippen LogP contribution in [0.25, 0.3) is 0 Å². The van der Waals surface area contributed by atoms with Crippen LogP contribution in [-0.4, -0.2) is 11.4 Å². The smallest absolute Gasteiger partial charge is 0.250 e. The first-order valence-corrected chi connectivity index (χ1v) is 5.00. The van der Waals surface area contributed by atoms with Gasteiger partial charge in [-0.3, -0.25) is 4.79 Å². The SMILES string of the molecule is Cc1cc2c(cc1F)NC(=O)C1(CC1)N2. The van der Waals surface area contributed by atoms with E-state index in [-0.39, 0.29) is 11.7 Å². The summed E-state index contributed by atoms with van der Waals surface area (Å²) in [6.07, 6.45) is 1.71. The Morgan fingerprint density at radius 3 is 2.73 bits per heavy atom. The quantitative estimate of drug-likeness (QED) is 0.682. The lowest BCUT2D eigenvalue weighted by molar-refractivity contribution is -0.117. The molecule has 1 aliphatic heterocycles. The summed E-state index contributed by atoms with van der Waals surface area (Å²) in [5.74, 6) is -0.333. The fourth-order valence-electron chi connectivity index (χ4n) is 1.92. The number of hydrogen-bond acceptors (Lipinski definition) is 2. The van der Waals surface area contributed by atoms with Crippen LogP contribution in [0.1, 0.15) is 18.4 Å². The molecule has 0 radical (unpaired) electrons. The number of nitrogens with one attached hydrogen (secondary N) is 2. The molecule has 78 valence electrons. The number of benzene rings is 1. The Bertz CT molecular complexity index is 466. The predicted molar refractivity (Wildman–Crippen MR) is 55.4 cm³/mol. The Kier molecular flexibility index (Phi) is 1.45. The van der Waals surface area contributed by atoms with Gasteiger partial charge in [-0.15, -0.1) is 0 Å². The summed E-state index contributed by atoms with van der Waals surface area (Å²) < 4.78 is 13.3. The topological polar surface area (TPSA) is 41.1 Å². The van der Waals surface area contributed by atoms with Gasteiger partial charge >= 0.3 is 0 Å². The fraction of sp³-hybridized carbons (Fsp3) is 0.364. The van der Waals surface area contributed by atoms with Crippen molar-refractivity contribution in [1.29, 1.82) is 0 Å². The van der Waals surface area contributed by atoms with Crippen molar-refractivity contribution < 1.29 is 9.18 Å². The summed E-state index contributed by atoms with van der Waals surface area (Å²) >= 11 is 0. The zero-order chi connectivity index (χ0) is 10.6. The van der Waals surface area contributed by atoms with E-state index in [9.17, 15) is 9.18 Å². The molecule has 1 aromatic rings. The normalized spacial score (nSPS) is 20.5. The van der Waals surface area contributed by atoms with Crippen LogP contribution in [0.4, 0.5) is 15.8 Å². The van der Waals surface area contributed by atoms with Crippen LogP contribution in [0.15, 0.2) is 12.1 Å². The minimum absolute atomic E-state index is 0.0433. The molecule has 1 saturated carbocycles. The van der Waals surface area contributed by atoms with Gasteiger partial charge < -0.3 is 10.6 Å². The molecule has 15 heavy (non-hydrogen) atoms. The molecule has 3 rings (SSSR count). The molecule has 2 aliphatic rings. The molecule has 1 spiro atoms. The van der Waals surface area contributed by atoms with Crippen LogP contribution in [0, 0.1) is 12.7 Å². The highest BCUT2D eigenvalue weighted by Gasteiger charge is 2.52. The zero-order valence-corrected chi connectivity index (χ0v) is 8.36. The molecule has 1 heterocycles. The van der Waals surface area contributed by atoms with Crippen molar-refractivity contribution in [3.63, 3.8) is 0 Å². The van der Waals surface area contributed by atoms with Gasteiger partial charge in [-0.2, -0.15) is 0 Å². The minimum atomic E-state index is -0.405. The summed E-state index contributed by atoms with van der Waals surface area (Å²) in [7, 11) is 0. The number of carbonyl (C=O) groups is 1. The number of anilines is 2. The van der Waals surface area contributed by atoms with Gasteiger partial charge in [0.25, 0.3) is 0 Å². The lowest BCUT2D eigenvalue weighted by Crippen LogP contribution is -2.41. The Balaban J connectivity index is 2.09. The van der Waals surface area contributed by atoms with Gasteiger partial charge in [0.15, 0.2) is 0 Å². The number of halogens is 1. The van der Waals surface area contributed by atoms with Crippen molar-refractivity contribution >= 4 is 17.3 Å². The highest BCUT2D eigenvalue weighted by Crippen LogP contribution is 2.45. The molecular formula is C11H11FN2O. The maximum Gasteiger partial charge on any atom is 0.250 e. The maximum atomic E-state index is 13.3. The average Bonchev–Trinajstić information content (AvgIpc) is 2.93. The molecule has 1 aromatic carbocycles. The standard InChI is InChI=1S/C11H11FN2O/c1-6-4-9-8(5-7(6)12)13-10(15)11(14-9)2-3-11/h4-5,14H,2-3H2,1H3,(H,13,15). The van der Waals surface area contributed by atoms with Crippen LogP contribution in [0.3, 0.4) is 0 Å². The van der Waals surface area contributed by atoms with E-state index in [0.29, 0.717) is 11.3 Å². The van der Waals surface area contributed by atoms with E-state index in [1.165, 1.54) is 6.07 Å². The van der Waals surface area contributed by atoms with Crippen molar-refractivity contribution in [2.24, 2.45) is 0 Å². The summed E-state index contributed by atoms with van der Waals surface area (Å²) in [6.45, 7) is 1.72. The monoisotopic (exact) mass is 206 g/mol. The molecule has 0 bridgehead atoms. The fourth-order valence-corrected chi connectivity index (χ4v) is 1.92. The molecule has 1 fully saturated rings. The van der Waals surface area contributed by atoms with Crippen LogP contribution in [0.5, 0.6) is 0 Å². The zero-order valence-electron chi connectivity index (χ0n) is 8.36. The number of rotatable bonds is 0. The molecule has 2 N–H and O–H groups in total. The number of amides is 1. The molecule has 1 amide bonds. The summed E-state index contributed by atoms with van der Waals surface area (Å²) in [5.41, 5.74) is 1.55. The van der Waals surface area contributed by atoms with E-state index in [4.69, 9.17) is 0 Å². The van der Waals surface area contributed by atoms with Crippen molar-refractivity contribution in [3.05, 3.63) is 23.5 Å². The summed E-state index contributed by atoms with van der Waals surface area (Å²) in [5, 5.41) is 5.93. The molecule has 3 nitrogen and oxygen atoms in total.